The molecule has 0 bridgehead atoms. The van der Waals surface area contributed by atoms with Crippen molar-refractivity contribution in [3.8, 4) is 0 Å². The molecule has 0 aliphatic carbocycles. The number of hydrogen-bond acceptors (Lipinski definition) is 6. The number of fused-ring (bicyclic) bond motifs is 1. The van der Waals surface area contributed by atoms with Crippen molar-refractivity contribution in [3.63, 3.8) is 0 Å². The van der Waals surface area contributed by atoms with Crippen LogP contribution >= 0.6 is 0 Å². The van der Waals surface area contributed by atoms with Crippen molar-refractivity contribution in [2.24, 2.45) is 4.40 Å². The normalized spacial score (nSPS) is 14.0. The summed E-state index contributed by atoms with van der Waals surface area (Å²) < 4.78 is 46.2. The van der Waals surface area contributed by atoms with Crippen molar-refractivity contribution in [3.05, 3.63) is 59.9 Å². The van der Waals surface area contributed by atoms with E-state index in [1.165, 1.54) is 36.2 Å². The standard InChI is InChI=1S/C18H16FN3O5S/c1-22(18-12-6-2-5-9-15(12)28(25,26)21-18)10-17(24)27-11-16(23)20-14-8-4-3-7-13(14)19/h2-9H,10-11H2,1H3,(H,20,23). The van der Waals surface area contributed by atoms with Crippen LogP contribution in [-0.2, 0) is 24.3 Å². The Hall–Kier alpha value is -3.27. The Morgan fingerprint density at radius 1 is 1.14 bits per heavy atom. The number of rotatable bonds is 5. The third-order valence-corrected chi connectivity index (χ3v) is 5.18. The summed E-state index contributed by atoms with van der Waals surface area (Å²) in [5, 5.41) is 2.29. The van der Waals surface area contributed by atoms with Gasteiger partial charge in [-0.3, -0.25) is 9.59 Å². The number of carbonyl (C=O) groups excluding carboxylic acids is 2. The second-order valence-corrected chi connectivity index (χ2v) is 7.50. The lowest BCUT2D eigenvalue weighted by molar-refractivity contribution is -0.147. The number of nitrogens with zero attached hydrogens (tertiary/aromatic N) is 2. The number of nitrogens with one attached hydrogen (secondary N) is 1. The van der Waals surface area contributed by atoms with Crippen LogP contribution in [0.1, 0.15) is 5.56 Å². The molecular weight excluding hydrogens is 389 g/mol. The van der Waals surface area contributed by atoms with Gasteiger partial charge in [-0.15, -0.1) is 4.40 Å². The van der Waals surface area contributed by atoms with Crippen LogP contribution in [0, 0.1) is 5.82 Å². The summed E-state index contributed by atoms with van der Waals surface area (Å²) in [6, 6.07) is 11.8. The van der Waals surface area contributed by atoms with Crippen LogP contribution in [0.15, 0.2) is 57.8 Å². The molecule has 0 fully saturated rings. The average molecular weight is 405 g/mol. The van der Waals surface area contributed by atoms with E-state index in [4.69, 9.17) is 4.74 Å². The number of anilines is 1. The molecule has 2 aromatic rings. The molecule has 28 heavy (non-hydrogen) atoms. The van der Waals surface area contributed by atoms with Crippen LogP contribution < -0.4 is 5.32 Å². The van der Waals surface area contributed by atoms with Crippen molar-refractivity contribution in [2.45, 2.75) is 4.90 Å². The number of sulfonamides is 1. The van der Waals surface area contributed by atoms with Gasteiger partial charge in [0.25, 0.3) is 15.9 Å². The molecule has 1 aliphatic heterocycles. The second kappa shape index (κ2) is 7.77. The number of carbonyl (C=O) groups is 2. The fourth-order valence-electron chi connectivity index (χ4n) is 2.57. The molecule has 1 aliphatic rings. The summed E-state index contributed by atoms with van der Waals surface area (Å²) in [4.78, 5) is 25.2. The fraction of sp³-hybridized carbons (Fsp3) is 0.167. The number of halogens is 1. The van der Waals surface area contributed by atoms with Gasteiger partial charge in [-0.05, 0) is 24.3 Å². The lowest BCUT2D eigenvalue weighted by Gasteiger charge is -2.17. The minimum atomic E-state index is -3.81. The molecule has 1 heterocycles. The van der Waals surface area contributed by atoms with E-state index in [2.05, 4.69) is 9.71 Å². The summed E-state index contributed by atoms with van der Waals surface area (Å²) in [6.45, 7) is -0.933. The van der Waals surface area contributed by atoms with Crippen LogP contribution in [-0.4, -0.2) is 51.2 Å². The largest absolute Gasteiger partial charge is 0.454 e. The van der Waals surface area contributed by atoms with Crippen LogP contribution in [0.25, 0.3) is 0 Å². The van der Waals surface area contributed by atoms with Gasteiger partial charge in [-0.2, -0.15) is 8.42 Å². The maximum atomic E-state index is 13.5. The van der Waals surface area contributed by atoms with Crippen molar-refractivity contribution in [2.75, 3.05) is 25.5 Å². The number of para-hydroxylation sites is 1. The first kappa shape index (κ1) is 19.5. The second-order valence-electron chi connectivity index (χ2n) is 5.93. The van der Waals surface area contributed by atoms with Crippen molar-refractivity contribution < 1.29 is 27.1 Å². The first-order valence-electron chi connectivity index (χ1n) is 8.13. The van der Waals surface area contributed by atoms with Gasteiger partial charge < -0.3 is 15.0 Å². The molecule has 0 saturated carbocycles. The third-order valence-electron chi connectivity index (χ3n) is 3.85. The molecule has 3 rings (SSSR count). The topological polar surface area (TPSA) is 105 Å². The highest BCUT2D eigenvalue weighted by molar-refractivity contribution is 7.90. The number of hydrogen-bond donors (Lipinski definition) is 1. The van der Waals surface area contributed by atoms with Gasteiger partial charge in [-0.25, -0.2) is 4.39 Å². The van der Waals surface area contributed by atoms with E-state index in [1.54, 1.807) is 24.3 Å². The highest BCUT2D eigenvalue weighted by Crippen LogP contribution is 2.26. The van der Waals surface area contributed by atoms with Crippen molar-refractivity contribution in [1.82, 2.24) is 4.90 Å². The predicted octanol–water partition coefficient (Wildman–Crippen LogP) is 1.39. The quantitative estimate of drug-likeness (QED) is 0.754. The van der Waals surface area contributed by atoms with E-state index in [0.29, 0.717) is 5.56 Å². The molecule has 0 atom stereocenters. The number of esters is 1. The third kappa shape index (κ3) is 4.17. The number of amides is 1. The summed E-state index contributed by atoms with van der Waals surface area (Å²) >= 11 is 0. The maximum Gasteiger partial charge on any atom is 0.326 e. The van der Waals surface area contributed by atoms with Gasteiger partial charge in [0.1, 0.15) is 17.3 Å². The Bertz CT molecular complexity index is 1070. The summed E-state index contributed by atoms with van der Waals surface area (Å²) in [5.41, 5.74) is 0.359. The van der Waals surface area contributed by atoms with Crippen LogP contribution in [0.5, 0.6) is 0 Å². The summed E-state index contributed by atoms with van der Waals surface area (Å²) in [7, 11) is -2.32. The zero-order valence-electron chi connectivity index (χ0n) is 14.8. The Morgan fingerprint density at radius 2 is 1.82 bits per heavy atom. The van der Waals surface area contributed by atoms with Gasteiger partial charge in [0, 0.05) is 12.6 Å². The summed E-state index contributed by atoms with van der Waals surface area (Å²) in [5.74, 6) is -1.97. The van der Waals surface area contributed by atoms with Gasteiger partial charge in [0.15, 0.2) is 12.4 Å². The highest BCUT2D eigenvalue weighted by atomic mass is 32.2. The van der Waals surface area contributed by atoms with Crippen LogP contribution in [0.3, 0.4) is 0 Å². The zero-order valence-corrected chi connectivity index (χ0v) is 15.6. The predicted molar refractivity (Wildman–Crippen MR) is 98.8 cm³/mol. The molecule has 2 aromatic carbocycles. The van der Waals surface area contributed by atoms with E-state index in [-0.39, 0.29) is 23.0 Å². The van der Waals surface area contributed by atoms with Crippen molar-refractivity contribution >= 4 is 33.4 Å². The van der Waals surface area contributed by atoms with Crippen molar-refractivity contribution in [1.29, 1.82) is 0 Å². The SMILES string of the molecule is CN(CC(=O)OCC(=O)Nc1ccccc1F)C1=NS(=O)(=O)c2ccccc21. The summed E-state index contributed by atoms with van der Waals surface area (Å²) in [6.07, 6.45) is 0. The van der Waals surface area contributed by atoms with E-state index < -0.39 is 34.3 Å². The number of benzene rings is 2. The molecule has 0 unspecified atom stereocenters. The first-order valence-corrected chi connectivity index (χ1v) is 9.57. The van der Waals surface area contributed by atoms with E-state index in [1.807, 2.05) is 0 Å². The number of likely N-dealkylation sites (N-methyl/N-ethyl adjacent to an activating group) is 1. The maximum absolute atomic E-state index is 13.5. The van der Waals surface area contributed by atoms with Gasteiger partial charge in [-0.1, -0.05) is 24.3 Å². The molecule has 10 heteroatoms. The molecule has 0 spiro atoms. The molecule has 0 radical (unpaired) electrons. The molecule has 0 aromatic heterocycles. The smallest absolute Gasteiger partial charge is 0.326 e. The first-order chi connectivity index (χ1) is 13.3. The monoisotopic (exact) mass is 405 g/mol. The zero-order chi connectivity index (χ0) is 20.3. The molecule has 1 N–H and O–H groups in total. The molecular formula is C18H16FN3O5S. The van der Waals surface area contributed by atoms with Gasteiger partial charge in [0.2, 0.25) is 0 Å². The number of amidine groups is 1. The molecule has 1 amide bonds. The van der Waals surface area contributed by atoms with Gasteiger partial charge >= 0.3 is 5.97 Å². The average Bonchev–Trinajstić information content (AvgIpc) is 2.94. The van der Waals surface area contributed by atoms with Crippen LogP contribution in [0.4, 0.5) is 10.1 Å². The molecule has 0 saturated heterocycles. The minimum absolute atomic E-state index is 0.0252. The Morgan fingerprint density at radius 3 is 2.57 bits per heavy atom. The minimum Gasteiger partial charge on any atom is -0.454 e. The molecule has 8 nitrogen and oxygen atoms in total. The van der Waals surface area contributed by atoms with Gasteiger partial charge in [0.05, 0.1) is 5.69 Å². The fourth-order valence-corrected chi connectivity index (χ4v) is 3.82. The lowest BCUT2D eigenvalue weighted by atomic mass is 10.2. The van der Waals surface area contributed by atoms with E-state index in [9.17, 15) is 22.4 Å². The highest BCUT2D eigenvalue weighted by Gasteiger charge is 2.31. The van der Waals surface area contributed by atoms with Crippen LogP contribution in [0.2, 0.25) is 0 Å². The Balaban J connectivity index is 1.57. The Kier molecular flexibility index (Phi) is 5.41. The van der Waals surface area contributed by atoms with E-state index in [0.717, 1.165) is 0 Å². The number of ether oxygens (including phenoxy) is 1. The Labute approximate surface area is 160 Å². The van der Waals surface area contributed by atoms with E-state index >= 15 is 0 Å². The lowest BCUT2D eigenvalue weighted by Crippen LogP contribution is -2.34. The molecule has 146 valence electrons.